The average Bonchev–Trinajstić information content (AvgIpc) is 2.70. The zero-order chi connectivity index (χ0) is 18.8. The maximum absolute atomic E-state index is 12.7. The molecular weight excluding hydrogens is 362 g/mol. The van der Waals surface area contributed by atoms with Crippen LogP contribution in [0.3, 0.4) is 0 Å². The van der Waals surface area contributed by atoms with Crippen LogP contribution in [0.4, 0.5) is 16.4 Å². The van der Waals surface area contributed by atoms with Crippen LogP contribution >= 0.6 is 11.6 Å². The van der Waals surface area contributed by atoms with Crippen LogP contribution in [0.15, 0.2) is 24.4 Å². The Hall–Kier alpha value is -2.34. The molecule has 0 bridgehead atoms. The molecule has 0 atom stereocenters. The van der Waals surface area contributed by atoms with Gasteiger partial charge >= 0.3 is 6.03 Å². The van der Waals surface area contributed by atoms with Crippen molar-refractivity contribution < 1.29 is 4.79 Å². The van der Waals surface area contributed by atoms with Gasteiger partial charge in [0.2, 0.25) is 5.95 Å². The number of amides is 2. The molecule has 2 aliphatic rings. The van der Waals surface area contributed by atoms with E-state index >= 15 is 0 Å². The van der Waals surface area contributed by atoms with Gasteiger partial charge in [0.15, 0.2) is 0 Å². The number of halogens is 1. The zero-order valence-corrected chi connectivity index (χ0v) is 16.3. The van der Waals surface area contributed by atoms with Gasteiger partial charge in [0.1, 0.15) is 0 Å². The number of benzene rings is 1. The highest BCUT2D eigenvalue weighted by molar-refractivity contribution is 6.31. The second-order valence-electron chi connectivity index (χ2n) is 7.25. The number of anilines is 2. The number of piperidine rings is 1. The lowest BCUT2D eigenvalue weighted by Gasteiger charge is -2.30. The van der Waals surface area contributed by atoms with Crippen LogP contribution in [0.5, 0.6) is 0 Å². The molecule has 0 unspecified atom stereocenters. The molecule has 1 fully saturated rings. The number of carbonyl (C=O) groups is 1. The van der Waals surface area contributed by atoms with Crippen molar-refractivity contribution in [3.05, 3.63) is 46.2 Å². The first-order chi connectivity index (χ1) is 13.1. The van der Waals surface area contributed by atoms with Gasteiger partial charge in [-0.05, 0) is 43.9 Å². The van der Waals surface area contributed by atoms with Crippen LogP contribution in [-0.2, 0) is 13.0 Å². The molecule has 1 saturated heterocycles. The molecule has 0 spiro atoms. The second kappa shape index (κ2) is 7.72. The van der Waals surface area contributed by atoms with Crippen molar-refractivity contribution in [2.75, 3.05) is 29.9 Å². The van der Waals surface area contributed by atoms with E-state index in [1.165, 1.54) is 19.3 Å². The van der Waals surface area contributed by atoms with Gasteiger partial charge in [-0.1, -0.05) is 17.7 Å². The summed E-state index contributed by atoms with van der Waals surface area (Å²) in [5, 5.41) is 3.58. The Morgan fingerprint density at radius 2 is 2.00 bits per heavy atom. The van der Waals surface area contributed by atoms with Crippen LogP contribution in [0.1, 0.15) is 36.1 Å². The number of rotatable bonds is 2. The molecule has 1 aromatic heterocycles. The monoisotopic (exact) mass is 385 g/mol. The first kappa shape index (κ1) is 18.0. The van der Waals surface area contributed by atoms with Gasteiger partial charge < -0.3 is 15.1 Å². The molecule has 2 aliphatic heterocycles. The van der Waals surface area contributed by atoms with Gasteiger partial charge in [-0.15, -0.1) is 0 Å². The molecule has 0 radical (unpaired) electrons. The minimum Gasteiger partial charge on any atom is -0.341 e. The maximum atomic E-state index is 12.7. The fourth-order valence-corrected chi connectivity index (χ4v) is 3.82. The Balaban J connectivity index is 1.44. The quantitative estimate of drug-likeness (QED) is 0.848. The largest absolute Gasteiger partial charge is 0.341 e. The molecule has 0 aliphatic carbocycles. The Morgan fingerprint density at radius 1 is 1.19 bits per heavy atom. The Kier molecular flexibility index (Phi) is 5.16. The Bertz CT molecular complexity index is 850. The summed E-state index contributed by atoms with van der Waals surface area (Å²) in [7, 11) is 0. The van der Waals surface area contributed by atoms with Gasteiger partial charge in [-0.3, -0.25) is 0 Å². The van der Waals surface area contributed by atoms with E-state index < -0.39 is 0 Å². The van der Waals surface area contributed by atoms with Crippen molar-refractivity contribution in [3.8, 4) is 0 Å². The molecule has 1 aromatic carbocycles. The topological polar surface area (TPSA) is 61.4 Å². The number of hydrogen-bond acceptors (Lipinski definition) is 4. The molecule has 0 saturated carbocycles. The van der Waals surface area contributed by atoms with Crippen LogP contribution in [0.25, 0.3) is 0 Å². The fraction of sp³-hybridized carbons (Fsp3) is 0.450. The standard InChI is InChI=1S/C20H24ClN5O/c1-14-5-6-16(21)11-18(14)24-20(27)26-10-7-17-15(13-26)12-22-19(23-17)25-8-3-2-4-9-25/h5-6,11-12H,2-4,7-10,13H2,1H3,(H,24,27). The number of aryl methyl sites for hydroxylation is 1. The van der Waals surface area contributed by atoms with Gasteiger partial charge in [0.25, 0.3) is 0 Å². The molecule has 3 heterocycles. The van der Waals surface area contributed by atoms with Crippen LogP contribution < -0.4 is 10.2 Å². The van der Waals surface area contributed by atoms with Gasteiger partial charge in [0.05, 0.1) is 12.2 Å². The molecule has 6 nitrogen and oxygen atoms in total. The van der Waals surface area contributed by atoms with Gasteiger partial charge in [-0.25, -0.2) is 14.8 Å². The molecule has 2 amide bonds. The van der Waals surface area contributed by atoms with Crippen molar-refractivity contribution in [1.82, 2.24) is 14.9 Å². The lowest BCUT2D eigenvalue weighted by atomic mass is 10.1. The summed E-state index contributed by atoms with van der Waals surface area (Å²) in [6.07, 6.45) is 6.34. The molecule has 1 N–H and O–H groups in total. The van der Waals surface area contributed by atoms with Crippen LogP contribution in [-0.4, -0.2) is 40.5 Å². The number of nitrogens with one attached hydrogen (secondary N) is 1. The lowest BCUT2D eigenvalue weighted by molar-refractivity contribution is 0.206. The lowest BCUT2D eigenvalue weighted by Crippen LogP contribution is -2.40. The normalized spacial score (nSPS) is 16.8. The predicted molar refractivity (Wildman–Crippen MR) is 107 cm³/mol. The highest BCUT2D eigenvalue weighted by atomic mass is 35.5. The van der Waals surface area contributed by atoms with Crippen LogP contribution in [0.2, 0.25) is 5.02 Å². The van der Waals surface area contributed by atoms with Gasteiger partial charge in [-0.2, -0.15) is 0 Å². The Morgan fingerprint density at radius 3 is 2.81 bits per heavy atom. The van der Waals surface area contributed by atoms with Crippen molar-refractivity contribution >= 4 is 29.3 Å². The van der Waals surface area contributed by atoms with E-state index in [0.717, 1.165) is 48.0 Å². The van der Waals surface area contributed by atoms with Crippen molar-refractivity contribution in [2.24, 2.45) is 0 Å². The number of nitrogens with zero attached hydrogens (tertiary/aromatic N) is 4. The molecular formula is C20H24ClN5O. The summed E-state index contributed by atoms with van der Waals surface area (Å²) in [4.78, 5) is 26.1. The first-order valence-electron chi connectivity index (χ1n) is 9.52. The van der Waals surface area contributed by atoms with Gasteiger partial charge in [0, 0.05) is 48.5 Å². The highest BCUT2D eigenvalue weighted by Gasteiger charge is 2.24. The second-order valence-corrected chi connectivity index (χ2v) is 7.69. The smallest absolute Gasteiger partial charge is 0.322 e. The third-order valence-electron chi connectivity index (χ3n) is 5.29. The number of fused-ring (bicyclic) bond motifs is 1. The van der Waals surface area contributed by atoms with Crippen molar-refractivity contribution in [3.63, 3.8) is 0 Å². The van der Waals surface area contributed by atoms with E-state index in [1.54, 1.807) is 11.0 Å². The molecule has 27 heavy (non-hydrogen) atoms. The summed E-state index contributed by atoms with van der Waals surface area (Å²) in [5.41, 5.74) is 3.82. The molecule has 4 rings (SSSR count). The number of urea groups is 1. The number of hydrogen-bond donors (Lipinski definition) is 1. The van der Waals surface area contributed by atoms with E-state index in [4.69, 9.17) is 16.6 Å². The van der Waals surface area contributed by atoms with E-state index in [9.17, 15) is 4.79 Å². The molecule has 7 heteroatoms. The minimum atomic E-state index is -0.119. The summed E-state index contributed by atoms with van der Waals surface area (Å²) < 4.78 is 0. The third kappa shape index (κ3) is 4.00. The molecule has 2 aromatic rings. The maximum Gasteiger partial charge on any atom is 0.322 e. The number of carbonyl (C=O) groups excluding carboxylic acids is 1. The SMILES string of the molecule is Cc1ccc(Cl)cc1NC(=O)N1CCc2nc(N3CCCCC3)ncc2C1. The summed E-state index contributed by atoms with van der Waals surface area (Å²) in [6.45, 7) is 5.20. The first-order valence-corrected chi connectivity index (χ1v) is 9.90. The van der Waals surface area contributed by atoms with E-state index in [2.05, 4.69) is 15.2 Å². The van der Waals surface area contributed by atoms with E-state index in [1.807, 2.05) is 25.3 Å². The number of aromatic nitrogens is 2. The summed E-state index contributed by atoms with van der Waals surface area (Å²) in [5.74, 6) is 0.834. The van der Waals surface area contributed by atoms with Crippen LogP contribution in [0, 0.1) is 6.92 Å². The predicted octanol–water partition coefficient (Wildman–Crippen LogP) is 4.02. The van der Waals surface area contributed by atoms with Crippen molar-refractivity contribution in [1.29, 1.82) is 0 Å². The summed E-state index contributed by atoms with van der Waals surface area (Å²) >= 11 is 6.05. The summed E-state index contributed by atoms with van der Waals surface area (Å²) in [6, 6.07) is 5.38. The third-order valence-corrected chi connectivity index (χ3v) is 5.52. The molecule has 142 valence electrons. The highest BCUT2D eigenvalue weighted by Crippen LogP contribution is 2.24. The fourth-order valence-electron chi connectivity index (χ4n) is 3.65. The minimum absolute atomic E-state index is 0.119. The Labute approximate surface area is 164 Å². The van der Waals surface area contributed by atoms with E-state index in [-0.39, 0.29) is 6.03 Å². The zero-order valence-electron chi connectivity index (χ0n) is 15.5. The van der Waals surface area contributed by atoms with Crippen molar-refractivity contribution in [2.45, 2.75) is 39.2 Å². The average molecular weight is 386 g/mol. The van der Waals surface area contributed by atoms with E-state index in [0.29, 0.717) is 18.1 Å².